The summed E-state index contributed by atoms with van der Waals surface area (Å²) >= 11 is 3.24. The fourth-order valence-corrected chi connectivity index (χ4v) is 5.51. The lowest BCUT2D eigenvalue weighted by Gasteiger charge is -2.20. The van der Waals surface area contributed by atoms with E-state index in [1.54, 1.807) is 23.1 Å². The van der Waals surface area contributed by atoms with Crippen LogP contribution in [0, 0.1) is 6.92 Å². The van der Waals surface area contributed by atoms with Gasteiger partial charge in [0.1, 0.15) is 0 Å². The van der Waals surface area contributed by atoms with E-state index in [2.05, 4.69) is 21.7 Å². The number of aromatic nitrogens is 1. The number of nitrogens with zero attached hydrogens (tertiary/aromatic N) is 1. The van der Waals surface area contributed by atoms with Crippen LogP contribution >= 0.6 is 23.1 Å². The summed E-state index contributed by atoms with van der Waals surface area (Å²) in [6.45, 7) is 1.99. The molecule has 0 saturated carbocycles. The van der Waals surface area contributed by atoms with Crippen LogP contribution in [0.15, 0.2) is 39.6 Å². The molecule has 6 heteroatoms. The molecule has 2 aromatic rings. The molecule has 2 aliphatic rings. The van der Waals surface area contributed by atoms with E-state index in [1.807, 2.05) is 31.3 Å². The number of rotatable bonds is 4. The fraction of sp³-hybridized carbons (Fsp3) is 0.412. The van der Waals surface area contributed by atoms with Gasteiger partial charge in [-0.05, 0) is 50.5 Å². The highest BCUT2D eigenvalue weighted by Gasteiger charge is 2.39. The van der Waals surface area contributed by atoms with Crippen molar-refractivity contribution in [3.05, 3.63) is 41.0 Å². The largest absolute Gasteiger partial charge is 0.347 e. The average molecular weight is 345 g/mol. The van der Waals surface area contributed by atoms with E-state index in [-0.39, 0.29) is 5.91 Å². The van der Waals surface area contributed by atoms with E-state index < -0.39 is 0 Å². The Morgan fingerprint density at radius 3 is 3.04 bits per heavy atom. The fourth-order valence-electron chi connectivity index (χ4n) is 3.42. The third-order valence-corrected chi connectivity index (χ3v) is 6.71. The molecule has 3 atom stereocenters. The minimum Gasteiger partial charge on any atom is -0.347 e. The first-order valence-electron chi connectivity index (χ1n) is 7.94. The van der Waals surface area contributed by atoms with Crippen LogP contribution in [-0.2, 0) is 0 Å². The predicted molar refractivity (Wildman–Crippen MR) is 93.2 cm³/mol. The van der Waals surface area contributed by atoms with E-state index in [0.717, 1.165) is 26.1 Å². The predicted octanol–water partition coefficient (Wildman–Crippen LogP) is 3.23. The summed E-state index contributed by atoms with van der Waals surface area (Å²) in [6.07, 6.45) is 5.32. The molecule has 4 rings (SSSR count). The molecule has 2 aliphatic heterocycles. The average Bonchev–Trinajstić information content (AvgIpc) is 3.23. The molecule has 120 valence electrons. The van der Waals surface area contributed by atoms with Crippen LogP contribution in [0.25, 0.3) is 0 Å². The van der Waals surface area contributed by atoms with Gasteiger partial charge < -0.3 is 10.6 Å². The van der Waals surface area contributed by atoms with Crippen LogP contribution in [0.5, 0.6) is 0 Å². The minimum absolute atomic E-state index is 0.0621. The molecule has 2 aromatic heterocycles. The third-order valence-electron chi connectivity index (χ3n) is 4.51. The Labute approximate surface area is 144 Å². The molecule has 23 heavy (non-hydrogen) atoms. The van der Waals surface area contributed by atoms with Crippen molar-refractivity contribution >= 4 is 29.0 Å². The Hall–Kier alpha value is -1.37. The smallest absolute Gasteiger partial charge is 0.261 e. The van der Waals surface area contributed by atoms with Gasteiger partial charge in [0.15, 0.2) is 0 Å². The normalized spacial score (nSPS) is 25.7. The van der Waals surface area contributed by atoms with Crippen LogP contribution in [0.4, 0.5) is 0 Å². The maximum Gasteiger partial charge on any atom is 0.261 e. The van der Waals surface area contributed by atoms with E-state index in [0.29, 0.717) is 18.1 Å². The van der Waals surface area contributed by atoms with Gasteiger partial charge in [0, 0.05) is 34.9 Å². The summed E-state index contributed by atoms with van der Waals surface area (Å²) in [5, 5.41) is 6.76. The number of thiophene rings is 1. The number of amides is 1. The molecule has 2 bridgehead atoms. The van der Waals surface area contributed by atoms with Gasteiger partial charge >= 0.3 is 0 Å². The van der Waals surface area contributed by atoms with Crippen molar-refractivity contribution in [2.24, 2.45) is 0 Å². The van der Waals surface area contributed by atoms with Gasteiger partial charge in [-0.25, -0.2) is 0 Å². The van der Waals surface area contributed by atoms with Crippen molar-refractivity contribution in [1.29, 1.82) is 0 Å². The molecule has 4 heterocycles. The van der Waals surface area contributed by atoms with Gasteiger partial charge in [-0.1, -0.05) is 11.8 Å². The number of hydrogen-bond donors (Lipinski definition) is 2. The Bertz CT molecular complexity index is 730. The van der Waals surface area contributed by atoms with Gasteiger partial charge in [0.2, 0.25) is 0 Å². The van der Waals surface area contributed by atoms with Gasteiger partial charge in [0.25, 0.3) is 5.91 Å². The Kier molecular flexibility index (Phi) is 4.13. The lowest BCUT2D eigenvalue weighted by molar-refractivity contribution is 0.0935. The number of pyridine rings is 1. The van der Waals surface area contributed by atoms with Crippen molar-refractivity contribution in [3.8, 4) is 0 Å². The number of carbonyl (C=O) groups is 1. The second-order valence-electron chi connectivity index (χ2n) is 6.22. The topological polar surface area (TPSA) is 54.0 Å². The van der Waals surface area contributed by atoms with Gasteiger partial charge in [-0.3, -0.25) is 9.78 Å². The van der Waals surface area contributed by atoms with Crippen LogP contribution in [0.2, 0.25) is 0 Å². The molecule has 0 unspecified atom stereocenters. The van der Waals surface area contributed by atoms with Crippen molar-refractivity contribution in [2.75, 3.05) is 0 Å². The molecule has 0 aromatic carbocycles. The summed E-state index contributed by atoms with van der Waals surface area (Å²) < 4.78 is 1.13. The first-order valence-corrected chi connectivity index (χ1v) is 9.58. The number of hydrogen-bond acceptors (Lipinski definition) is 5. The van der Waals surface area contributed by atoms with Crippen molar-refractivity contribution in [2.45, 2.75) is 53.4 Å². The molecular weight excluding hydrogens is 326 g/mol. The van der Waals surface area contributed by atoms with E-state index >= 15 is 0 Å². The summed E-state index contributed by atoms with van der Waals surface area (Å²) in [5.74, 6) is 0.0621. The van der Waals surface area contributed by atoms with Gasteiger partial charge in [0.05, 0.1) is 9.09 Å². The Morgan fingerprint density at radius 2 is 2.30 bits per heavy atom. The maximum absolute atomic E-state index is 12.4. The summed E-state index contributed by atoms with van der Waals surface area (Å²) in [5.41, 5.74) is 1.01. The molecule has 2 fully saturated rings. The molecular formula is C17H19N3OS2. The first kappa shape index (κ1) is 15.2. The van der Waals surface area contributed by atoms with E-state index in [4.69, 9.17) is 0 Å². The number of nitrogens with one attached hydrogen (secondary N) is 2. The third kappa shape index (κ3) is 3.29. The zero-order chi connectivity index (χ0) is 15.8. The standard InChI is InChI=1S/C17H19N3OS2/c1-10-8-12(6-7-18-10)22-16-5-4-15(23-16)17(21)20-14-9-11-2-3-13(14)19-11/h4-8,11,13-14,19H,2-3,9H2,1H3,(H,20,21)/t11-,13+,14-/m1/s1. The van der Waals surface area contributed by atoms with E-state index in [1.165, 1.54) is 12.8 Å². The number of aryl methyl sites for hydroxylation is 1. The zero-order valence-corrected chi connectivity index (χ0v) is 14.5. The monoisotopic (exact) mass is 345 g/mol. The van der Waals surface area contributed by atoms with E-state index in [9.17, 15) is 4.79 Å². The maximum atomic E-state index is 12.4. The highest BCUT2D eigenvalue weighted by atomic mass is 32.2. The molecule has 4 nitrogen and oxygen atoms in total. The first-order chi connectivity index (χ1) is 11.2. The summed E-state index contributed by atoms with van der Waals surface area (Å²) in [7, 11) is 0. The van der Waals surface area contributed by atoms with Gasteiger partial charge in [-0.15, -0.1) is 11.3 Å². The second kappa shape index (κ2) is 6.26. The molecule has 2 saturated heterocycles. The van der Waals surface area contributed by atoms with Crippen molar-refractivity contribution in [1.82, 2.24) is 15.6 Å². The number of fused-ring (bicyclic) bond motifs is 2. The lowest BCUT2D eigenvalue weighted by atomic mass is 9.95. The van der Waals surface area contributed by atoms with Crippen LogP contribution in [-0.4, -0.2) is 29.0 Å². The molecule has 0 aliphatic carbocycles. The highest BCUT2D eigenvalue weighted by molar-refractivity contribution is 8.01. The van der Waals surface area contributed by atoms with Crippen LogP contribution < -0.4 is 10.6 Å². The second-order valence-corrected chi connectivity index (χ2v) is 8.67. The molecule has 2 N–H and O–H groups in total. The lowest BCUT2D eigenvalue weighted by Crippen LogP contribution is -2.42. The Balaban J connectivity index is 1.40. The quantitative estimate of drug-likeness (QED) is 0.893. The Morgan fingerprint density at radius 1 is 1.39 bits per heavy atom. The summed E-state index contributed by atoms with van der Waals surface area (Å²) in [6, 6.07) is 9.38. The molecule has 1 amide bonds. The van der Waals surface area contributed by atoms with Crippen LogP contribution in [0.3, 0.4) is 0 Å². The SMILES string of the molecule is Cc1cc(Sc2ccc(C(=O)N[C@@H]3C[C@H]4CC[C@@H]3N4)s2)ccn1. The summed E-state index contributed by atoms with van der Waals surface area (Å²) in [4.78, 5) is 18.6. The van der Waals surface area contributed by atoms with Crippen molar-refractivity contribution < 1.29 is 4.79 Å². The molecule has 0 radical (unpaired) electrons. The van der Waals surface area contributed by atoms with Gasteiger partial charge in [-0.2, -0.15) is 0 Å². The zero-order valence-electron chi connectivity index (χ0n) is 12.9. The molecule has 0 spiro atoms. The van der Waals surface area contributed by atoms with Crippen LogP contribution in [0.1, 0.15) is 34.6 Å². The highest BCUT2D eigenvalue weighted by Crippen LogP contribution is 2.34. The minimum atomic E-state index is 0.0621. The number of carbonyl (C=O) groups excluding carboxylic acids is 1. The van der Waals surface area contributed by atoms with Crippen molar-refractivity contribution in [3.63, 3.8) is 0 Å².